The van der Waals surface area contributed by atoms with E-state index in [1.807, 2.05) is 0 Å². The molecule has 104 valence electrons. The van der Waals surface area contributed by atoms with E-state index in [1.165, 1.54) is 45.2 Å². The van der Waals surface area contributed by atoms with E-state index in [1.54, 1.807) is 0 Å². The van der Waals surface area contributed by atoms with E-state index < -0.39 is 0 Å². The van der Waals surface area contributed by atoms with Crippen LogP contribution in [0.3, 0.4) is 0 Å². The molecule has 4 heteroatoms. The summed E-state index contributed by atoms with van der Waals surface area (Å²) in [6.45, 7) is 4.34. The van der Waals surface area contributed by atoms with E-state index in [0.29, 0.717) is 0 Å². The van der Waals surface area contributed by atoms with E-state index >= 15 is 0 Å². The second-order valence-electron chi connectivity index (χ2n) is 6.58. The molecule has 1 aliphatic heterocycles. The molecular weight excluding hydrogens is 238 g/mol. The highest BCUT2D eigenvalue weighted by Crippen LogP contribution is 2.38. The molecule has 0 radical (unpaired) electrons. The number of likely N-dealkylation sites (tertiary alicyclic amines) is 1. The van der Waals surface area contributed by atoms with E-state index in [9.17, 15) is 0 Å². The lowest BCUT2D eigenvalue weighted by molar-refractivity contribution is 0.257. The van der Waals surface area contributed by atoms with Crippen LogP contribution in [0, 0.1) is 11.8 Å². The zero-order valence-corrected chi connectivity index (χ0v) is 11.5. The number of hydrogen-bond donors (Lipinski definition) is 1. The normalized spacial score (nSPS) is 30.9. The lowest BCUT2D eigenvalue weighted by atomic mass is 10.0. The van der Waals surface area contributed by atoms with E-state index in [4.69, 9.17) is 4.52 Å². The highest BCUT2D eigenvalue weighted by atomic mass is 16.5. The molecule has 3 aliphatic rings. The minimum absolute atomic E-state index is 0.734. The number of fused-ring (bicyclic) bond motifs is 1. The van der Waals surface area contributed by atoms with E-state index in [0.717, 1.165) is 42.4 Å². The third kappa shape index (κ3) is 2.70. The van der Waals surface area contributed by atoms with Crippen molar-refractivity contribution >= 4 is 0 Å². The maximum Gasteiger partial charge on any atom is 0.151 e. The first-order valence-electron chi connectivity index (χ1n) is 7.77. The predicted molar refractivity (Wildman–Crippen MR) is 72.5 cm³/mol. The molecular formula is C15H23N3O. The van der Waals surface area contributed by atoms with Crippen molar-refractivity contribution in [3.63, 3.8) is 0 Å². The molecule has 4 rings (SSSR count). The van der Waals surface area contributed by atoms with Gasteiger partial charge in [0.2, 0.25) is 0 Å². The Bertz CT molecular complexity index is 428. The summed E-state index contributed by atoms with van der Waals surface area (Å²) in [4.78, 5) is 2.55. The van der Waals surface area contributed by atoms with Crippen molar-refractivity contribution in [1.82, 2.24) is 15.4 Å². The first-order valence-corrected chi connectivity index (χ1v) is 7.77. The zero-order valence-electron chi connectivity index (χ0n) is 11.5. The third-order valence-corrected chi connectivity index (χ3v) is 4.94. The van der Waals surface area contributed by atoms with Crippen molar-refractivity contribution in [2.45, 2.75) is 51.2 Å². The Morgan fingerprint density at radius 3 is 2.74 bits per heavy atom. The van der Waals surface area contributed by atoms with Crippen LogP contribution in [0.5, 0.6) is 0 Å². The summed E-state index contributed by atoms with van der Waals surface area (Å²) in [5.41, 5.74) is 1.06. The number of nitrogens with zero attached hydrogens (tertiary/aromatic N) is 2. The van der Waals surface area contributed by atoms with E-state index in [2.05, 4.69) is 21.4 Å². The Morgan fingerprint density at radius 2 is 2.00 bits per heavy atom. The van der Waals surface area contributed by atoms with Gasteiger partial charge < -0.3 is 9.84 Å². The second-order valence-corrected chi connectivity index (χ2v) is 6.58. The average Bonchev–Trinajstić information content (AvgIpc) is 2.79. The number of nitrogens with one attached hydrogen (secondary N) is 1. The van der Waals surface area contributed by atoms with Gasteiger partial charge in [0.05, 0.1) is 12.2 Å². The molecule has 0 bridgehead atoms. The Labute approximate surface area is 114 Å². The van der Waals surface area contributed by atoms with Gasteiger partial charge in [-0.25, -0.2) is 0 Å². The van der Waals surface area contributed by atoms with Crippen molar-refractivity contribution in [3.05, 3.63) is 17.5 Å². The van der Waals surface area contributed by atoms with Gasteiger partial charge in [-0.1, -0.05) is 11.6 Å². The van der Waals surface area contributed by atoms with Gasteiger partial charge in [0.25, 0.3) is 0 Å². The smallest absolute Gasteiger partial charge is 0.151 e. The van der Waals surface area contributed by atoms with Gasteiger partial charge in [0.15, 0.2) is 5.76 Å². The average molecular weight is 261 g/mol. The fourth-order valence-electron chi connectivity index (χ4n) is 3.73. The molecule has 4 nitrogen and oxygen atoms in total. The van der Waals surface area contributed by atoms with Crippen LogP contribution >= 0.6 is 0 Å². The molecule has 19 heavy (non-hydrogen) atoms. The van der Waals surface area contributed by atoms with Crippen LogP contribution < -0.4 is 5.32 Å². The first-order chi connectivity index (χ1) is 9.37. The molecule has 3 fully saturated rings. The summed E-state index contributed by atoms with van der Waals surface area (Å²) in [6, 6.07) is 2.86. The standard InChI is InChI=1S/C15H23N3O/c1-2-11-8-18(9-12(11)3-1)10-15-6-14(17-19-15)7-16-13-4-5-13/h6,11-13,16H,1-5,7-10H2. The minimum atomic E-state index is 0.734. The van der Waals surface area contributed by atoms with Crippen LogP contribution in [0.2, 0.25) is 0 Å². The van der Waals surface area contributed by atoms with Gasteiger partial charge in [-0.05, 0) is 37.5 Å². The van der Waals surface area contributed by atoms with Crippen LogP contribution in [0.4, 0.5) is 0 Å². The lowest BCUT2D eigenvalue weighted by Gasteiger charge is -2.13. The minimum Gasteiger partial charge on any atom is -0.360 e. The molecule has 1 saturated heterocycles. The fraction of sp³-hybridized carbons (Fsp3) is 0.800. The Balaban J connectivity index is 1.30. The highest BCUT2D eigenvalue weighted by molar-refractivity contribution is 5.06. The molecule has 1 aromatic heterocycles. The van der Waals surface area contributed by atoms with Crippen molar-refractivity contribution in [1.29, 1.82) is 0 Å². The van der Waals surface area contributed by atoms with Crippen LogP contribution in [0.25, 0.3) is 0 Å². The highest BCUT2D eigenvalue weighted by Gasteiger charge is 2.36. The molecule has 1 N–H and O–H groups in total. The fourth-order valence-corrected chi connectivity index (χ4v) is 3.73. The molecule has 2 atom stereocenters. The summed E-state index contributed by atoms with van der Waals surface area (Å²) in [7, 11) is 0. The summed E-state index contributed by atoms with van der Waals surface area (Å²) in [6.07, 6.45) is 6.97. The molecule has 2 unspecified atom stereocenters. The van der Waals surface area contributed by atoms with Gasteiger partial charge in [0, 0.05) is 31.7 Å². The van der Waals surface area contributed by atoms with Crippen molar-refractivity contribution in [2.75, 3.05) is 13.1 Å². The predicted octanol–water partition coefficient (Wildman–Crippen LogP) is 2.16. The summed E-state index contributed by atoms with van der Waals surface area (Å²) in [5, 5.41) is 7.64. The van der Waals surface area contributed by atoms with E-state index in [-0.39, 0.29) is 0 Å². The van der Waals surface area contributed by atoms with Gasteiger partial charge in [-0.15, -0.1) is 0 Å². The number of rotatable bonds is 5. The summed E-state index contributed by atoms with van der Waals surface area (Å²) < 4.78 is 5.47. The summed E-state index contributed by atoms with van der Waals surface area (Å²) >= 11 is 0. The molecule has 0 aromatic carbocycles. The van der Waals surface area contributed by atoms with Crippen LogP contribution in [0.15, 0.2) is 10.6 Å². The topological polar surface area (TPSA) is 41.3 Å². The monoisotopic (exact) mass is 261 g/mol. The van der Waals surface area contributed by atoms with Gasteiger partial charge in [0.1, 0.15) is 0 Å². The van der Waals surface area contributed by atoms with Crippen LogP contribution in [-0.4, -0.2) is 29.2 Å². The molecule has 0 amide bonds. The SMILES string of the molecule is c1c(CNC2CC2)noc1CN1CC2CCCC2C1. The third-order valence-electron chi connectivity index (χ3n) is 4.94. The van der Waals surface area contributed by atoms with Crippen LogP contribution in [-0.2, 0) is 13.1 Å². The van der Waals surface area contributed by atoms with Crippen molar-refractivity contribution in [3.8, 4) is 0 Å². The maximum atomic E-state index is 5.47. The van der Waals surface area contributed by atoms with Crippen LogP contribution in [0.1, 0.15) is 43.6 Å². The molecule has 2 saturated carbocycles. The zero-order chi connectivity index (χ0) is 12.7. The Kier molecular flexibility index (Phi) is 3.08. The Morgan fingerprint density at radius 1 is 1.21 bits per heavy atom. The van der Waals surface area contributed by atoms with Crippen molar-refractivity contribution in [2.24, 2.45) is 11.8 Å². The van der Waals surface area contributed by atoms with Gasteiger partial charge in [-0.3, -0.25) is 4.90 Å². The Hall–Kier alpha value is -0.870. The molecule has 0 spiro atoms. The first kappa shape index (κ1) is 11.9. The second kappa shape index (κ2) is 4.91. The number of hydrogen-bond acceptors (Lipinski definition) is 4. The maximum absolute atomic E-state index is 5.47. The molecule has 1 aromatic rings. The number of aromatic nitrogens is 1. The quantitative estimate of drug-likeness (QED) is 0.882. The van der Waals surface area contributed by atoms with Gasteiger partial charge >= 0.3 is 0 Å². The van der Waals surface area contributed by atoms with Crippen molar-refractivity contribution < 1.29 is 4.52 Å². The lowest BCUT2D eigenvalue weighted by Crippen LogP contribution is -2.20. The van der Waals surface area contributed by atoms with Gasteiger partial charge in [-0.2, -0.15) is 0 Å². The molecule has 2 aliphatic carbocycles. The summed E-state index contributed by atoms with van der Waals surface area (Å²) in [5.74, 6) is 2.95. The largest absolute Gasteiger partial charge is 0.360 e. The molecule has 2 heterocycles.